The molecule has 1 unspecified atom stereocenters. The molecule has 0 radical (unpaired) electrons. The Morgan fingerprint density at radius 1 is 1.45 bits per heavy atom. The van der Waals surface area contributed by atoms with Crippen LogP contribution in [0.25, 0.3) is 0 Å². The van der Waals surface area contributed by atoms with Crippen LogP contribution in [0, 0.1) is 0 Å². The van der Waals surface area contributed by atoms with E-state index >= 15 is 0 Å². The van der Waals surface area contributed by atoms with Crippen molar-refractivity contribution in [3.05, 3.63) is 18.0 Å². The van der Waals surface area contributed by atoms with Crippen molar-refractivity contribution in [3.8, 4) is 0 Å². The summed E-state index contributed by atoms with van der Waals surface area (Å²) < 4.78 is 25.0. The van der Waals surface area contributed by atoms with Crippen LogP contribution in [0.4, 0.5) is 8.78 Å². The Kier molecular flexibility index (Phi) is 4.68. The van der Waals surface area contributed by atoms with Crippen LogP contribution in [0.15, 0.2) is 12.3 Å². The zero-order valence-corrected chi connectivity index (χ0v) is 11.5. The van der Waals surface area contributed by atoms with E-state index in [4.69, 9.17) is 5.73 Å². The summed E-state index contributed by atoms with van der Waals surface area (Å²) >= 11 is 0. The van der Waals surface area contributed by atoms with Crippen molar-refractivity contribution in [3.63, 3.8) is 0 Å². The summed E-state index contributed by atoms with van der Waals surface area (Å²) in [6.45, 7) is -2.81. The third kappa shape index (κ3) is 3.38. The summed E-state index contributed by atoms with van der Waals surface area (Å²) in [7, 11) is 0. The molecule has 1 aromatic rings. The fourth-order valence-corrected chi connectivity index (χ4v) is 2.28. The molecule has 1 aliphatic rings. The van der Waals surface area contributed by atoms with Gasteiger partial charge in [0.15, 0.2) is 0 Å². The molecule has 0 saturated carbocycles. The van der Waals surface area contributed by atoms with E-state index in [1.165, 1.54) is 4.90 Å². The molecule has 0 spiro atoms. The lowest BCUT2D eigenvalue weighted by Gasteiger charge is -2.22. The number of nitrogens with one attached hydrogen (secondary N) is 1. The highest BCUT2D eigenvalue weighted by Crippen LogP contribution is 2.16. The van der Waals surface area contributed by atoms with Crippen molar-refractivity contribution in [1.82, 2.24) is 20.0 Å². The largest absolute Gasteiger partial charge is 0.368 e. The van der Waals surface area contributed by atoms with Gasteiger partial charge in [0.25, 0.3) is 5.91 Å². The van der Waals surface area contributed by atoms with E-state index in [-0.39, 0.29) is 12.2 Å². The molecule has 3 N–H and O–H groups in total. The first kappa shape index (κ1) is 15.9. The number of hydrogen-bond donors (Lipinski definition) is 2. The molecule has 1 aliphatic heterocycles. The average Bonchev–Trinajstić information content (AvgIpc) is 3.12. The lowest BCUT2D eigenvalue weighted by molar-refractivity contribution is -0.136. The first-order valence-corrected chi connectivity index (χ1v) is 6.60. The van der Waals surface area contributed by atoms with Gasteiger partial charge in [-0.15, -0.1) is 0 Å². The number of alkyl halides is 2. The molecule has 120 valence electrons. The lowest BCUT2D eigenvalue weighted by atomic mass is 10.2. The van der Waals surface area contributed by atoms with Gasteiger partial charge >= 0.3 is 6.55 Å². The molecule has 22 heavy (non-hydrogen) atoms. The minimum atomic E-state index is -2.84. The zero-order chi connectivity index (χ0) is 16.3. The molecule has 0 aliphatic carbocycles. The molecule has 1 atom stereocenters. The van der Waals surface area contributed by atoms with Gasteiger partial charge in [-0.3, -0.25) is 14.4 Å². The molecule has 8 nitrogen and oxygen atoms in total. The van der Waals surface area contributed by atoms with Crippen LogP contribution in [0.5, 0.6) is 0 Å². The number of halogens is 2. The second kappa shape index (κ2) is 6.50. The summed E-state index contributed by atoms with van der Waals surface area (Å²) in [6, 6.07) is 0.455. The summed E-state index contributed by atoms with van der Waals surface area (Å²) in [5, 5.41) is 5.67. The van der Waals surface area contributed by atoms with Crippen molar-refractivity contribution in [2.45, 2.75) is 25.4 Å². The number of nitrogens with two attached hydrogens (primary N) is 1. The number of likely N-dealkylation sites (tertiary alicyclic amines) is 1. The smallest absolute Gasteiger partial charge is 0.333 e. The van der Waals surface area contributed by atoms with Gasteiger partial charge < -0.3 is 16.0 Å². The van der Waals surface area contributed by atoms with Gasteiger partial charge in [-0.2, -0.15) is 13.9 Å². The molecular weight excluding hydrogens is 300 g/mol. The van der Waals surface area contributed by atoms with Crippen LogP contribution in [0.2, 0.25) is 0 Å². The van der Waals surface area contributed by atoms with Gasteiger partial charge in [0, 0.05) is 12.7 Å². The molecule has 2 rings (SSSR count). The van der Waals surface area contributed by atoms with Gasteiger partial charge in [0.1, 0.15) is 11.7 Å². The maximum Gasteiger partial charge on any atom is 0.333 e. The van der Waals surface area contributed by atoms with Crippen LogP contribution >= 0.6 is 0 Å². The number of amides is 3. The topological polar surface area (TPSA) is 110 Å². The highest BCUT2D eigenvalue weighted by atomic mass is 19.3. The number of nitrogens with zero attached hydrogens (tertiary/aromatic N) is 3. The van der Waals surface area contributed by atoms with Gasteiger partial charge in [-0.05, 0) is 18.9 Å². The molecule has 10 heteroatoms. The summed E-state index contributed by atoms with van der Waals surface area (Å²) in [5.74, 6) is -1.79. The second-order valence-corrected chi connectivity index (χ2v) is 4.79. The number of carbonyl (C=O) groups is 3. The summed E-state index contributed by atoms with van der Waals surface area (Å²) in [4.78, 5) is 36.2. The van der Waals surface area contributed by atoms with E-state index < -0.39 is 30.3 Å². The highest BCUT2D eigenvalue weighted by Gasteiger charge is 2.32. The third-order valence-corrected chi connectivity index (χ3v) is 3.34. The van der Waals surface area contributed by atoms with E-state index in [0.717, 1.165) is 12.3 Å². The fourth-order valence-electron chi connectivity index (χ4n) is 2.28. The number of carbonyl (C=O) groups excluding carboxylic acids is 3. The Morgan fingerprint density at radius 2 is 2.18 bits per heavy atom. The van der Waals surface area contributed by atoms with Crippen molar-refractivity contribution >= 4 is 17.7 Å². The Morgan fingerprint density at radius 3 is 2.77 bits per heavy atom. The maximum atomic E-state index is 12.3. The molecule has 2 heterocycles. The van der Waals surface area contributed by atoms with Crippen LogP contribution in [-0.2, 0) is 9.59 Å². The molecule has 3 amide bonds. The normalized spacial score (nSPS) is 17.8. The summed E-state index contributed by atoms with van der Waals surface area (Å²) in [5.41, 5.74) is 4.98. The standard InChI is InChI=1S/C12H15F2N5O3/c13-12(14)19-5-3-7(17-19)11(22)16-6-9(20)18-4-1-2-8(18)10(15)21/h3,5,8,12H,1-2,4,6H2,(H2,15,21)(H,16,22). The SMILES string of the molecule is NC(=O)C1CCCN1C(=O)CNC(=O)c1ccn(C(F)F)n1. The van der Waals surface area contributed by atoms with Crippen molar-refractivity contribution in [2.24, 2.45) is 5.73 Å². The van der Waals surface area contributed by atoms with Gasteiger partial charge in [0.2, 0.25) is 11.8 Å². The molecule has 1 aromatic heterocycles. The highest BCUT2D eigenvalue weighted by molar-refractivity contribution is 5.95. The molecular formula is C12H15F2N5O3. The predicted molar refractivity (Wildman–Crippen MR) is 69.7 cm³/mol. The Balaban J connectivity index is 1.90. The minimum absolute atomic E-state index is 0.221. The van der Waals surface area contributed by atoms with E-state index in [1.54, 1.807) is 0 Å². The van der Waals surface area contributed by atoms with Crippen LogP contribution in [0.3, 0.4) is 0 Å². The van der Waals surface area contributed by atoms with E-state index in [9.17, 15) is 23.2 Å². The van der Waals surface area contributed by atoms with Gasteiger partial charge in [0.05, 0.1) is 6.54 Å². The number of hydrogen-bond acceptors (Lipinski definition) is 4. The molecule has 0 aromatic carbocycles. The van der Waals surface area contributed by atoms with Crippen LogP contribution in [-0.4, -0.2) is 51.5 Å². The number of aromatic nitrogens is 2. The minimum Gasteiger partial charge on any atom is -0.368 e. The maximum absolute atomic E-state index is 12.3. The van der Waals surface area contributed by atoms with Crippen molar-refractivity contribution in [1.29, 1.82) is 0 Å². The average molecular weight is 315 g/mol. The monoisotopic (exact) mass is 315 g/mol. The Bertz CT molecular complexity index is 589. The second-order valence-electron chi connectivity index (χ2n) is 4.79. The fraction of sp³-hybridized carbons (Fsp3) is 0.500. The zero-order valence-electron chi connectivity index (χ0n) is 11.5. The van der Waals surface area contributed by atoms with Gasteiger partial charge in [-0.25, -0.2) is 4.68 Å². The van der Waals surface area contributed by atoms with Crippen LogP contribution < -0.4 is 11.1 Å². The number of primary amides is 1. The Hall–Kier alpha value is -2.52. The van der Waals surface area contributed by atoms with Crippen LogP contribution in [0.1, 0.15) is 29.9 Å². The first-order valence-electron chi connectivity index (χ1n) is 6.60. The van der Waals surface area contributed by atoms with Crippen molar-refractivity contribution < 1.29 is 23.2 Å². The first-order chi connectivity index (χ1) is 10.4. The predicted octanol–water partition coefficient (Wildman–Crippen LogP) is -0.516. The molecule has 0 bridgehead atoms. The Labute approximate surface area is 124 Å². The van der Waals surface area contributed by atoms with Gasteiger partial charge in [-0.1, -0.05) is 0 Å². The quantitative estimate of drug-likeness (QED) is 0.762. The number of rotatable bonds is 5. The molecule has 1 saturated heterocycles. The lowest BCUT2D eigenvalue weighted by Crippen LogP contribution is -2.47. The van der Waals surface area contributed by atoms with E-state index in [2.05, 4.69) is 10.4 Å². The summed E-state index contributed by atoms with van der Waals surface area (Å²) in [6.07, 6.45) is 2.12. The third-order valence-electron chi connectivity index (χ3n) is 3.34. The van der Waals surface area contributed by atoms with E-state index in [1.807, 2.05) is 0 Å². The molecule has 1 fully saturated rings. The van der Waals surface area contributed by atoms with Crippen molar-refractivity contribution in [2.75, 3.05) is 13.1 Å². The van der Waals surface area contributed by atoms with E-state index in [0.29, 0.717) is 24.1 Å².